The topological polar surface area (TPSA) is 55.8 Å². The molecular weight excluding hydrogens is 282 g/mol. The summed E-state index contributed by atoms with van der Waals surface area (Å²) in [7, 11) is 2.97. The van der Waals surface area contributed by atoms with Crippen molar-refractivity contribution in [3.63, 3.8) is 0 Å². The van der Waals surface area contributed by atoms with E-state index in [0.29, 0.717) is 5.92 Å². The van der Waals surface area contributed by atoms with E-state index in [1.165, 1.54) is 12.7 Å². The number of amides is 1. The van der Waals surface area contributed by atoms with Crippen molar-refractivity contribution >= 4 is 11.9 Å². The van der Waals surface area contributed by atoms with E-state index >= 15 is 0 Å². The second-order valence-electron chi connectivity index (χ2n) is 5.63. The van der Waals surface area contributed by atoms with E-state index in [1.807, 2.05) is 12.1 Å². The lowest BCUT2D eigenvalue weighted by Crippen LogP contribution is -2.39. The van der Waals surface area contributed by atoms with Crippen molar-refractivity contribution in [2.45, 2.75) is 25.7 Å². The molecule has 0 saturated carbocycles. The van der Waals surface area contributed by atoms with Gasteiger partial charge in [0.2, 0.25) is 5.91 Å². The van der Waals surface area contributed by atoms with Gasteiger partial charge in [0.25, 0.3) is 0 Å². The zero-order chi connectivity index (χ0) is 15.9. The molecule has 0 aliphatic carbocycles. The molecule has 0 unspecified atom stereocenters. The lowest BCUT2D eigenvalue weighted by molar-refractivity contribution is -0.147. The Balaban J connectivity index is 1.79. The Kier molecular flexibility index (Phi) is 5.81. The van der Waals surface area contributed by atoms with Gasteiger partial charge in [-0.3, -0.25) is 9.59 Å². The fourth-order valence-electron chi connectivity index (χ4n) is 2.79. The zero-order valence-electron chi connectivity index (χ0n) is 13.2. The molecule has 1 amide bonds. The van der Waals surface area contributed by atoms with Crippen LogP contribution in [0.1, 0.15) is 24.8 Å². The highest BCUT2D eigenvalue weighted by atomic mass is 16.5. The first-order chi connectivity index (χ1) is 10.6. The van der Waals surface area contributed by atoms with Gasteiger partial charge >= 0.3 is 5.97 Å². The number of piperidine rings is 1. The first kappa shape index (κ1) is 16.3. The van der Waals surface area contributed by atoms with E-state index < -0.39 is 5.97 Å². The van der Waals surface area contributed by atoms with E-state index in [1.54, 1.807) is 12.0 Å². The molecule has 1 aliphatic heterocycles. The molecule has 0 aromatic heterocycles. The van der Waals surface area contributed by atoms with Crippen LogP contribution in [0.25, 0.3) is 0 Å². The Labute approximate surface area is 131 Å². The molecule has 0 spiro atoms. The molecule has 1 heterocycles. The molecule has 5 heteroatoms. The van der Waals surface area contributed by atoms with Crippen LogP contribution in [0, 0.1) is 5.92 Å². The fourth-order valence-corrected chi connectivity index (χ4v) is 2.79. The second kappa shape index (κ2) is 7.82. The Bertz CT molecular complexity index is 504. The smallest absolute Gasteiger partial charge is 0.315 e. The summed E-state index contributed by atoms with van der Waals surface area (Å²) in [5.74, 6) is 0.850. The number of hydrogen-bond donors (Lipinski definition) is 0. The maximum Gasteiger partial charge on any atom is 0.315 e. The van der Waals surface area contributed by atoms with Crippen molar-refractivity contribution in [2.24, 2.45) is 5.92 Å². The molecule has 1 saturated heterocycles. The largest absolute Gasteiger partial charge is 0.497 e. The summed E-state index contributed by atoms with van der Waals surface area (Å²) >= 11 is 0. The molecule has 5 nitrogen and oxygen atoms in total. The summed E-state index contributed by atoms with van der Waals surface area (Å²) in [5.41, 5.74) is 1.29. The van der Waals surface area contributed by atoms with Crippen LogP contribution in [0.15, 0.2) is 24.3 Å². The highest BCUT2D eigenvalue weighted by Gasteiger charge is 2.24. The summed E-state index contributed by atoms with van der Waals surface area (Å²) in [6.45, 7) is 1.44. The molecule has 22 heavy (non-hydrogen) atoms. The van der Waals surface area contributed by atoms with Gasteiger partial charge in [0.1, 0.15) is 12.2 Å². The minimum Gasteiger partial charge on any atom is -0.497 e. The number of benzene rings is 1. The predicted molar refractivity (Wildman–Crippen MR) is 82.6 cm³/mol. The molecule has 1 aliphatic rings. The minimum absolute atomic E-state index is 0.130. The fraction of sp³-hybridized carbons (Fsp3) is 0.529. The van der Waals surface area contributed by atoms with Gasteiger partial charge in [-0.05, 0) is 42.9 Å². The van der Waals surface area contributed by atoms with E-state index in [0.717, 1.165) is 38.1 Å². The Hall–Kier alpha value is -2.04. The number of esters is 1. The van der Waals surface area contributed by atoms with Crippen molar-refractivity contribution in [1.82, 2.24) is 4.90 Å². The van der Waals surface area contributed by atoms with Crippen LogP contribution < -0.4 is 4.74 Å². The summed E-state index contributed by atoms with van der Waals surface area (Å²) in [4.78, 5) is 24.8. The molecule has 2 rings (SSSR count). The molecular formula is C17H23NO4. The summed E-state index contributed by atoms with van der Waals surface area (Å²) in [6.07, 6.45) is 2.81. The van der Waals surface area contributed by atoms with Gasteiger partial charge in [0, 0.05) is 13.1 Å². The van der Waals surface area contributed by atoms with Crippen molar-refractivity contribution in [2.75, 3.05) is 27.3 Å². The maximum atomic E-state index is 11.9. The molecule has 0 bridgehead atoms. The third-order valence-corrected chi connectivity index (χ3v) is 4.17. The normalized spacial score (nSPS) is 15.5. The quantitative estimate of drug-likeness (QED) is 0.617. The van der Waals surface area contributed by atoms with E-state index in [-0.39, 0.29) is 12.3 Å². The first-order valence-corrected chi connectivity index (χ1v) is 7.60. The third-order valence-electron chi connectivity index (χ3n) is 4.17. The summed E-state index contributed by atoms with van der Waals surface area (Å²) in [6, 6.07) is 8.13. The van der Waals surface area contributed by atoms with E-state index in [2.05, 4.69) is 16.9 Å². The number of rotatable bonds is 5. The standard InChI is InChI=1S/C17H23NO4/c1-21-15-5-3-13(4-6-15)11-14-7-9-18(10-8-14)16(19)12-17(20)22-2/h3-6,14H,7-12H2,1-2H3. The molecule has 1 aromatic rings. The van der Waals surface area contributed by atoms with Crippen molar-refractivity contribution in [3.05, 3.63) is 29.8 Å². The lowest BCUT2D eigenvalue weighted by atomic mass is 9.90. The van der Waals surface area contributed by atoms with Gasteiger partial charge in [-0.1, -0.05) is 12.1 Å². The van der Waals surface area contributed by atoms with Crippen LogP contribution in [0.5, 0.6) is 5.75 Å². The number of carbonyl (C=O) groups is 2. The van der Waals surface area contributed by atoms with E-state index in [4.69, 9.17) is 4.74 Å². The molecule has 1 fully saturated rings. The number of likely N-dealkylation sites (tertiary alicyclic amines) is 1. The number of methoxy groups -OCH3 is 2. The van der Waals surface area contributed by atoms with Crippen LogP contribution in [-0.2, 0) is 20.7 Å². The van der Waals surface area contributed by atoms with Crippen molar-refractivity contribution < 1.29 is 19.1 Å². The van der Waals surface area contributed by atoms with E-state index in [9.17, 15) is 9.59 Å². The predicted octanol–water partition coefficient (Wildman–Crippen LogP) is 2.04. The average molecular weight is 305 g/mol. The summed E-state index contributed by atoms with van der Waals surface area (Å²) in [5, 5.41) is 0. The third kappa shape index (κ3) is 4.48. The average Bonchev–Trinajstić information content (AvgIpc) is 2.56. The second-order valence-corrected chi connectivity index (χ2v) is 5.63. The first-order valence-electron chi connectivity index (χ1n) is 7.60. The van der Waals surface area contributed by atoms with Gasteiger partial charge in [-0.25, -0.2) is 0 Å². The Morgan fingerprint density at radius 1 is 1.14 bits per heavy atom. The van der Waals surface area contributed by atoms with Crippen molar-refractivity contribution in [1.29, 1.82) is 0 Å². The number of nitrogens with zero attached hydrogens (tertiary/aromatic N) is 1. The Morgan fingerprint density at radius 3 is 2.32 bits per heavy atom. The van der Waals surface area contributed by atoms with Crippen LogP contribution in [0.3, 0.4) is 0 Å². The van der Waals surface area contributed by atoms with Crippen LogP contribution in [-0.4, -0.2) is 44.1 Å². The highest BCUT2D eigenvalue weighted by Crippen LogP contribution is 2.23. The van der Waals surface area contributed by atoms with Gasteiger partial charge in [0.15, 0.2) is 0 Å². The van der Waals surface area contributed by atoms with Crippen LogP contribution >= 0.6 is 0 Å². The van der Waals surface area contributed by atoms with Crippen molar-refractivity contribution in [3.8, 4) is 5.75 Å². The monoisotopic (exact) mass is 305 g/mol. The highest BCUT2D eigenvalue weighted by molar-refractivity contribution is 5.94. The van der Waals surface area contributed by atoms with Crippen LogP contribution in [0.2, 0.25) is 0 Å². The number of hydrogen-bond acceptors (Lipinski definition) is 4. The van der Waals surface area contributed by atoms with Crippen LogP contribution in [0.4, 0.5) is 0 Å². The van der Waals surface area contributed by atoms with Gasteiger partial charge in [-0.15, -0.1) is 0 Å². The SMILES string of the molecule is COC(=O)CC(=O)N1CCC(Cc2ccc(OC)cc2)CC1. The molecule has 0 atom stereocenters. The zero-order valence-corrected chi connectivity index (χ0v) is 13.2. The lowest BCUT2D eigenvalue weighted by Gasteiger charge is -2.32. The minimum atomic E-state index is -0.467. The molecule has 0 N–H and O–H groups in total. The maximum absolute atomic E-state index is 11.9. The van der Waals surface area contributed by atoms with Gasteiger partial charge in [-0.2, -0.15) is 0 Å². The Morgan fingerprint density at radius 2 is 1.77 bits per heavy atom. The van der Waals surface area contributed by atoms with Gasteiger partial charge in [0.05, 0.1) is 14.2 Å². The van der Waals surface area contributed by atoms with Gasteiger partial charge < -0.3 is 14.4 Å². The molecule has 0 radical (unpaired) electrons. The summed E-state index contributed by atoms with van der Waals surface area (Å²) < 4.78 is 9.69. The molecule has 120 valence electrons. The number of carbonyl (C=O) groups excluding carboxylic acids is 2. The number of ether oxygens (including phenoxy) is 2. The molecule has 1 aromatic carbocycles.